The zero-order valence-electron chi connectivity index (χ0n) is 20.3. The molecule has 5 heterocycles. The van der Waals surface area contributed by atoms with E-state index in [9.17, 15) is 0 Å². The van der Waals surface area contributed by atoms with Crippen LogP contribution in [0.25, 0.3) is 22.3 Å². The minimum Gasteiger partial charge on any atom is -0.369 e. The Hall–Kier alpha value is -1.74. The Morgan fingerprint density at radius 2 is 2.06 bits per heavy atom. The standard InChI is InChI=1S/C25H37N5OSSi/c1-33(2,3)16-14-31-19-30-17-20(21-8-15-32-28-21)23-22(7-12-26-24(23)30)29-13-6-10-25(18-29)9-4-5-11-27-25/h7-8,12,15,17,27H,4-6,9-11,13-14,16,18-19H2,1-3H3. The number of nitrogens with zero attached hydrogens (tertiary/aromatic N) is 4. The van der Waals surface area contributed by atoms with Crippen molar-refractivity contribution in [3.8, 4) is 11.3 Å². The van der Waals surface area contributed by atoms with Gasteiger partial charge in [0.2, 0.25) is 0 Å². The van der Waals surface area contributed by atoms with Crippen LogP contribution in [0.5, 0.6) is 0 Å². The number of hydrogen-bond acceptors (Lipinski definition) is 6. The molecule has 33 heavy (non-hydrogen) atoms. The number of nitrogens with one attached hydrogen (secondary N) is 1. The third kappa shape index (κ3) is 5.04. The Kier molecular flexibility index (Phi) is 6.62. The van der Waals surface area contributed by atoms with Crippen LogP contribution in [-0.4, -0.2) is 53.8 Å². The second-order valence-corrected chi connectivity index (χ2v) is 17.3. The van der Waals surface area contributed by atoms with Gasteiger partial charge in [-0.3, -0.25) is 0 Å². The summed E-state index contributed by atoms with van der Waals surface area (Å²) in [4.78, 5) is 7.42. The monoisotopic (exact) mass is 483 g/mol. The van der Waals surface area contributed by atoms with Crippen molar-refractivity contribution in [1.82, 2.24) is 19.2 Å². The highest BCUT2D eigenvalue weighted by Gasteiger charge is 2.37. The van der Waals surface area contributed by atoms with Gasteiger partial charge in [-0.15, -0.1) is 0 Å². The fourth-order valence-electron chi connectivity index (χ4n) is 5.36. The van der Waals surface area contributed by atoms with Crippen LogP contribution in [0.15, 0.2) is 29.9 Å². The second-order valence-electron chi connectivity index (χ2n) is 11.0. The number of piperidine rings is 2. The summed E-state index contributed by atoms with van der Waals surface area (Å²) in [6.45, 7) is 11.8. The van der Waals surface area contributed by atoms with Crippen molar-refractivity contribution >= 4 is 36.3 Å². The number of aromatic nitrogens is 3. The molecule has 178 valence electrons. The summed E-state index contributed by atoms with van der Waals surface area (Å²) in [5.74, 6) is 0. The molecule has 6 nitrogen and oxygen atoms in total. The third-order valence-electron chi connectivity index (χ3n) is 7.18. The lowest BCUT2D eigenvalue weighted by Crippen LogP contribution is -2.59. The molecular formula is C25H37N5OSSi. The highest BCUT2D eigenvalue weighted by molar-refractivity contribution is 7.03. The second kappa shape index (κ2) is 9.48. The molecular weight excluding hydrogens is 446 g/mol. The molecule has 3 aromatic rings. The maximum absolute atomic E-state index is 6.13. The van der Waals surface area contributed by atoms with E-state index in [-0.39, 0.29) is 5.54 Å². The van der Waals surface area contributed by atoms with Gasteiger partial charge in [-0.25, -0.2) is 4.98 Å². The molecule has 3 aromatic heterocycles. The van der Waals surface area contributed by atoms with Crippen LogP contribution in [0, 0.1) is 0 Å². The zero-order valence-corrected chi connectivity index (χ0v) is 22.1. The molecule has 0 saturated carbocycles. The van der Waals surface area contributed by atoms with E-state index in [0.29, 0.717) is 6.73 Å². The summed E-state index contributed by atoms with van der Waals surface area (Å²) in [5.41, 5.74) is 4.74. The number of hydrogen-bond donors (Lipinski definition) is 1. The summed E-state index contributed by atoms with van der Waals surface area (Å²) in [6, 6.07) is 5.50. The van der Waals surface area contributed by atoms with Gasteiger partial charge in [0.25, 0.3) is 0 Å². The Bertz CT molecular complexity index is 1060. The number of rotatable bonds is 7. The van der Waals surface area contributed by atoms with Gasteiger partial charge in [-0.1, -0.05) is 26.1 Å². The zero-order chi connectivity index (χ0) is 22.9. The maximum atomic E-state index is 6.13. The average molecular weight is 484 g/mol. The first-order valence-electron chi connectivity index (χ1n) is 12.4. The van der Waals surface area contributed by atoms with E-state index in [0.717, 1.165) is 37.6 Å². The summed E-state index contributed by atoms with van der Waals surface area (Å²) in [7, 11) is -1.11. The minimum atomic E-state index is -1.11. The molecule has 0 amide bonds. The van der Waals surface area contributed by atoms with Gasteiger partial charge in [0.15, 0.2) is 0 Å². The van der Waals surface area contributed by atoms with Gasteiger partial charge in [0.05, 0.1) is 16.8 Å². The molecule has 5 rings (SSSR count). The molecule has 0 radical (unpaired) electrons. The highest BCUT2D eigenvalue weighted by atomic mass is 32.1. The topological polar surface area (TPSA) is 55.2 Å². The lowest BCUT2D eigenvalue weighted by atomic mass is 9.81. The lowest BCUT2D eigenvalue weighted by Gasteiger charge is -2.47. The molecule has 2 fully saturated rings. The Balaban J connectivity index is 1.48. The molecule has 2 aliphatic rings. The van der Waals surface area contributed by atoms with Crippen LogP contribution in [0.2, 0.25) is 25.7 Å². The molecule has 0 bridgehead atoms. The van der Waals surface area contributed by atoms with Crippen molar-refractivity contribution in [2.75, 3.05) is 31.1 Å². The molecule has 1 atom stereocenters. The van der Waals surface area contributed by atoms with Crippen LogP contribution in [0.1, 0.15) is 32.1 Å². The van der Waals surface area contributed by atoms with E-state index in [4.69, 9.17) is 9.72 Å². The average Bonchev–Trinajstić information content (AvgIpc) is 3.45. The van der Waals surface area contributed by atoms with Gasteiger partial charge >= 0.3 is 0 Å². The van der Waals surface area contributed by atoms with Crippen LogP contribution in [0.3, 0.4) is 0 Å². The van der Waals surface area contributed by atoms with Gasteiger partial charge < -0.3 is 19.5 Å². The Morgan fingerprint density at radius 1 is 1.18 bits per heavy atom. The summed E-state index contributed by atoms with van der Waals surface area (Å²) in [6.07, 6.45) is 10.6. The number of fused-ring (bicyclic) bond motifs is 1. The van der Waals surface area contributed by atoms with E-state index in [1.807, 2.05) is 6.20 Å². The first-order chi connectivity index (χ1) is 15.9. The summed E-state index contributed by atoms with van der Waals surface area (Å²) in [5, 5.41) is 7.16. The van der Waals surface area contributed by atoms with E-state index in [1.54, 1.807) is 0 Å². The molecule has 8 heteroatoms. The maximum Gasteiger partial charge on any atom is 0.144 e. The van der Waals surface area contributed by atoms with Crippen LogP contribution >= 0.6 is 11.5 Å². The minimum absolute atomic E-state index is 0.259. The molecule has 2 saturated heterocycles. The number of anilines is 1. The quantitative estimate of drug-likeness (QED) is 0.351. The fourth-order valence-corrected chi connectivity index (χ4v) is 6.64. The largest absolute Gasteiger partial charge is 0.369 e. The summed E-state index contributed by atoms with van der Waals surface area (Å²) >= 11 is 1.51. The smallest absolute Gasteiger partial charge is 0.144 e. The SMILES string of the molecule is C[Si](C)(C)CCOCn1cc(-c2ccsn2)c2c(N3CCCC4(CCCCN4)C3)ccnc21. The predicted molar refractivity (Wildman–Crippen MR) is 141 cm³/mol. The van der Waals surface area contributed by atoms with E-state index >= 15 is 0 Å². The molecule has 0 aliphatic carbocycles. The first-order valence-corrected chi connectivity index (χ1v) is 16.9. The number of pyridine rings is 1. The van der Waals surface area contributed by atoms with E-state index in [2.05, 4.69) is 62.5 Å². The van der Waals surface area contributed by atoms with Crippen LogP contribution in [-0.2, 0) is 11.5 Å². The van der Waals surface area contributed by atoms with Crippen LogP contribution < -0.4 is 10.2 Å². The van der Waals surface area contributed by atoms with Crippen molar-refractivity contribution in [3.63, 3.8) is 0 Å². The van der Waals surface area contributed by atoms with Crippen molar-refractivity contribution in [2.24, 2.45) is 0 Å². The molecule has 0 aromatic carbocycles. The van der Waals surface area contributed by atoms with Gasteiger partial charge in [0, 0.05) is 56.6 Å². The van der Waals surface area contributed by atoms with Crippen molar-refractivity contribution in [2.45, 2.75) is 70.1 Å². The van der Waals surface area contributed by atoms with Gasteiger partial charge in [-0.2, -0.15) is 4.37 Å². The Morgan fingerprint density at radius 3 is 2.82 bits per heavy atom. The fraction of sp³-hybridized carbons (Fsp3) is 0.600. The molecule has 2 aliphatic heterocycles. The van der Waals surface area contributed by atoms with E-state index in [1.165, 1.54) is 66.3 Å². The van der Waals surface area contributed by atoms with E-state index < -0.39 is 8.07 Å². The van der Waals surface area contributed by atoms with Crippen molar-refractivity contribution in [3.05, 3.63) is 29.9 Å². The van der Waals surface area contributed by atoms with Crippen molar-refractivity contribution in [1.29, 1.82) is 0 Å². The molecule has 1 unspecified atom stereocenters. The van der Waals surface area contributed by atoms with Gasteiger partial charge in [-0.05, 0) is 61.9 Å². The van der Waals surface area contributed by atoms with Gasteiger partial charge in [0.1, 0.15) is 12.4 Å². The van der Waals surface area contributed by atoms with Crippen molar-refractivity contribution < 1.29 is 4.74 Å². The molecule has 1 N–H and O–H groups in total. The van der Waals surface area contributed by atoms with Crippen LogP contribution in [0.4, 0.5) is 5.69 Å². The molecule has 1 spiro atoms. The normalized spacial score (nSPS) is 21.8. The highest BCUT2D eigenvalue weighted by Crippen LogP contribution is 2.39. The number of ether oxygens (including phenoxy) is 1. The lowest BCUT2D eigenvalue weighted by molar-refractivity contribution is 0.0899. The summed E-state index contributed by atoms with van der Waals surface area (Å²) < 4.78 is 13.0. The predicted octanol–water partition coefficient (Wildman–Crippen LogP) is 5.58. The first kappa shape index (κ1) is 23.0. The third-order valence-corrected chi connectivity index (χ3v) is 9.44. The Labute approximate surface area is 202 Å².